The van der Waals surface area contributed by atoms with Gasteiger partial charge in [-0.15, -0.1) is 6.58 Å². The minimum atomic E-state index is -0.529. The van der Waals surface area contributed by atoms with E-state index in [0.29, 0.717) is 13.0 Å². The van der Waals surface area contributed by atoms with E-state index >= 15 is 0 Å². The fourth-order valence-electron chi connectivity index (χ4n) is 2.43. The van der Waals surface area contributed by atoms with Crippen LogP contribution in [0.1, 0.15) is 27.6 Å². The van der Waals surface area contributed by atoms with E-state index in [1.54, 1.807) is 6.08 Å². The second-order valence-electron chi connectivity index (χ2n) is 4.54. The minimum absolute atomic E-state index is 0.288. The number of aliphatic imine (C=N–C) groups is 1. The van der Waals surface area contributed by atoms with Crippen molar-refractivity contribution in [3.63, 3.8) is 0 Å². The Hall–Kier alpha value is -2.69. The predicted octanol–water partition coefficient (Wildman–Crippen LogP) is 1.63. The summed E-state index contributed by atoms with van der Waals surface area (Å²) in [5, 5.41) is 0. The molecule has 0 aliphatic carbocycles. The van der Waals surface area contributed by atoms with Gasteiger partial charge in [0.15, 0.2) is 5.69 Å². The number of primary amides is 1. The number of amides is 1. The lowest BCUT2D eigenvalue weighted by molar-refractivity contribution is 0.0995. The van der Waals surface area contributed by atoms with Gasteiger partial charge in [-0.3, -0.25) is 14.4 Å². The molecule has 2 heterocycles. The average molecular weight is 266 g/mol. The van der Waals surface area contributed by atoms with Crippen molar-refractivity contribution in [3.8, 4) is 5.69 Å². The first-order chi connectivity index (χ1) is 9.72. The van der Waals surface area contributed by atoms with E-state index in [9.17, 15) is 4.79 Å². The van der Waals surface area contributed by atoms with E-state index < -0.39 is 5.91 Å². The summed E-state index contributed by atoms with van der Waals surface area (Å²) in [6.45, 7) is 4.12. The Morgan fingerprint density at radius 1 is 1.45 bits per heavy atom. The van der Waals surface area contributed by atoms with Gasteiger partial charge in [0.2, 0.25) is 0 Å². The van der Waals surface area contributed by atoms with Crippen molar-refractivity contribution in [1.82, 2.24) is 9.55 Å². The molecule has 0 unspecified atom stereocenters. The molecule has 2 N–H and O–H groups in total. The van der Waals surface area contributed by atoms with E-state index in [0.717, 1.165) is 22.8 Å². The minimum Gasteiger partial charge on any atom is -0.364 e. The van der Waals surface area contributed by atoms with Crippen LogP contribution in [0.2, 0.25) is 0 Å². The van der Waals surface area contributed by atoms with Crippen LogP contribution in [-0.4, -0.2) is 21.7 Å². The number of hydrogen-bond acceptors (Lipinski definition) is 3. The lowest BCUT2D eigenvalue weighted by Crippen LogP contribution is -2.14. The molecule has 0 atom stereocenters. The van der Waals surface area contributed by atoms with Gasteiger partial charge >= 0.3 is 0 Å². The molecule has 0 saturated carbocycles. The highest BCUT2D eigenvalue weighted by atomic mass is 16.1. The number of para-hydroxylation sites is 1. The molecule has 1 aromatic carbocycles. The second kappa shape index (κ2) is 4.77. The molecule has 0 radical (unpaired) electrons. The number of aromatic nitrogens is 2. The topological polar surface area (TPSA) is 73.3 Å². The largest absolute Gasteiger partial charge is 0.364 e. The molecule has 100 valence electrons. The van der Waals surface area contributed by atoms with Gasteiger partial charge in [0.05, 0.1) is 17.9 Å². The van der Waals surface area contributed by atoms with Crippen LogP contribution in [-0.2, 0) is 13.0 Å². The van der Waals surface area contributed by atoms with Crippen molar-refractivity contribution in [2.24, 2.45) is 10.7 Å². The number of rotatable bonds is 3. The number of allylic oxidation sites excluding steroid dienone is 1. The van der Waals surface area contributed by atoms with Gasteiger partial charge < -0.3 is 5.73 Å². The molecule has 0 spiro atoms. The molecule has 1 aliphatic heterocycles. The van der Waals surface area contributed by atoms with E-state index in [2.05, 4.69) is 16.6 Å². The summed E-state index contributed by atoms with van der Waals surface area (Å²) in [6.07, 6.45) is 4.13. The van der Waals surface area contributed by atoms with Gasteiger partial charge in [-0.05, 0) is 6.07 Å². The van der Waals surface area contributed by atoms with Gasteiger partial charge in [-0.25, -0.2) is 4.98 Å². The summed E-state index contributed by atoms with van der Waals surface area (Å²) in [5.74, 6) is 0.223. The number of carbonyl (C=O) groups excluding carboxylic acids is 1. The Balaban J connectivity index is 2.33. The molecule has 0 saturated heterocycles. The highest BCUT2D eigenvalue weighted by Crippen LogP contribution is 2.24. The number of hydrogen-bond donors (Lipinski definition) is 1. The third-order valence-corrected chi connectivity index (χ3v) is 3.25. The predicted molar refractivity (Wildman–Crippen MR) is 77.3 cm³/mol. The molecular formula is C15H14N4O. The number of nitrogens with zero attached hydrogens (tertiary/aromatic N) is 3. The number of nitrogens with two attached hydrogens (primary N) is 1. The summed E-state index contributed by atoms with van der Waals surface area (Å²) in [6, 6.07) is 7.86. The zero-order chi connectivity index (χ0) is 14.1. The Labute approximate surface area is 116 Å². The van der Waals surface area contributed by atoms with Gasteiger partial charge in [0.25, 0.3) is 5.91 Å². The molecular weight excluding hydrogens is 252 g/mol. The first-order valence-electron chi connectivity index (χ1n) is 6.32. The Morgan fingerprint density at radius 3 is 3.00 bits per heavy atom. The van der Waals surface area contributed by atoms with Gasteiger partial charge in [0.1, 0.15) is 5.82 Å². The fourth-order valence-corrected chi connectivity index (χ4v) is 2.43. The molecule has 0 fully saturated rings. The first-order valence-corrected chi connectivity index (χ1v) is 6.32. The van der Waals surface area contributed by atoms with Crippen LogP contribution in [0.15, 0.2) is 41.9 Å². The quantitative estimate of drug-likeness (QED) is 0.857. The van der Waals surface area contributed by atoms with Crippen molar-refractivity contribution in [2.45, 2.75) is 13.0 Å². The Bertz CT molecular complexity index is 727. The highest BCUT2D eigenvalue weighted by Gasteiger charge is 2.23. The summed E-state index contributed by atoms with van der Waals surface area (Å²) >= 11 is 0. The zero-order valence-electron chi connectivity index (χ0n) is 10.9. The molecule has 3 rings (SSSR count). The van der Waals surface area contributed by atoms with Crippen molar-refractivity contribution >= 4 is 12.1 Å². The summed E-state index contributed by atoms with van der Waals surface area (Å²) in [7, 11) is 0. The molecule has 2 aromatic rings. The lowest BCUT2D eigenvalue weighted by atomic mass is 10.2. The Morgan fingerprint density at radius 2 is 2.25 bits per heavy atom. The third-order valence-electron chi connectivity index (χ3n) is 3.25. The standard InChI is InChI=1S/C15H14N4O/c1-2-5-13-18-14(15(16)20)12-9-17-8-10-6-3-4-7-11(10)19(12)13/h2-4,6-8H,1,5,9H2,(H2,16,20). The maximum atomic E-state index is 11.6. The van der Waals surface area contributed by atoms with Crippen molar-refractivity contribution < 1.29 is 4.79 Å². The van der Waals surface area contributed by atoms with Crippen LogP contribution in [0.4, 0.5) is 0 Å². The third kappa shape index (κ3) is 1.84. The van der Waals surface area contributed by atoms with Crippen molar-refractivity contribution in [1.29, 1.82) is 0 Å². The average Bonchev–Trinajstić information content (AvgIpc) is 2.68. The number of carbonyl (C=O) groups is 1. The van der Waals surface area contributed by atoms with E-state index in [1.807, 2.05) is 35.0 Å². The molecule has 0 bridgehead atoms. The van der Waals surface area contributed by atoms with Gasteiger partial charge in [-0.1, -0.05) is 24.3 Å². The summed E-state index contributed by atoms with van der Waals surface area (Å²) in [5.41, 5.74) is 8.40. The van der Waals surface area contributed by atoms with Crippen molar-refractivity contribution in [2.75, 3.05) is 0 Å². The smallest absolute Gasteiger partial charge is 0.269 e. The Kier molecular flexibility index (Phi) is 2.95. The normalized spacial score (nSPS) is 12.4. The molecule has 20 heavy (non-hydrogen) atoms. The number of imidazole rings is 1. The lowest BCUT2D eigenvalue weighted by Gasteiger charge is -2.11. The summed E-state index contributed by atoms with van der Waals surface area (Å²) in [4.78, 5) is 20.3. The maximum absolute atomic E-state index is 11.6. The molecule has 1 aromatic heterocycles. The van der Waals surface area contributed by atoms with Gasteiger partial charge in [0, 0.05) is 18.2 Å². The van der Waals surface area contributed by atoms with E-state index in [1.165, 1.54) is 0 Å². The zero-order valence-corrected chi connectivity index (χ0v) is 10.9. The highest BCUT2D eigenvalue weighted by molar-refractivity contribution is 5.93. The second-order valence-corrected chi connectivity index (χ2v) is 4.54. The fraction of sp³-hybridized carbons (Fsp3) is 0.133. The molecule has 5 nitrogen and oxygen atoms in total. The summed E-state index contributed by atoms with van der Waals surface area (Å²) < 4.78 is 1.96. The molecule has 5 heteroatoms. The van der Waals surface area contributed by atoms with Crippen molar-refractivity contribution in [3.05, 3.63) is 59.7 Å². The monoisotopic (exact) mass is 266 g/mol. The SMILES string of the molecule is C=CCc1nc(C(N)=O)c2n1-c1ccccc1C=NC2. The van der Waals surface area contributed by atoms with E-state index in [4.69, 9.17) is 5.73 Å². The molecule has 1 aliphatic rings. The van der Waals surface area contributed by atoms with Crippen LogP contribution in [0.25, 0.3) is 5.69 Å². The molecule has 1 amide bonds. The first kappa shape index (κ1) is 12.3. The van der Waals surface area contributed by atoms with Crippen LogP contribution < -0.4 is 5.73 Å². The van der Waals surface area contributed by atoms with E-state index in [-0.39, 0.29) is 5.69 Å². The van der Waals surface area contributed by atoms with Crippen LogP contribution in [0.3, 0.4) is 0 Å². The number of fused-ring (bicyclic) bond motifs is 3. The van der Waals surface area contributed by atoms with Gasteiger partial charge in [-0.2, -0.15) is 0 Å². The maximum Gasteiger partial charge on any atom is 0.269 e. The van der Waals surface area contributed by atoms with Crippen LogP contribution in [0.5, 0.6) is 0 Å². The van der Waals surface area contributed by atoms with Crippen LogP contribution in [0, 0.1) is 0 Å². The van der Waals surface area contributed by atoms with Crippen LogP contribution >= 0.6 is 0 Å². The number of benzene rings is 1.